The summed E-state index contributed by atoms with van der Waals surface area (Å²) in [6.45, 7) is 2.86. The number of Topliss-reactive ketones (excluding diaryl/α,β-unsaturated/α-hetero) is 1. The van der Waals surface area contributed by atoms with Gasteiger partial charge in [0.2, 0.25) is 5.78 Å². The number of rotatable bonds is 5. The predicted molar refractivity (Wildman–Crippen MR) is 114 cm³/mol. The molecule has 30 heavy (non-hydrogen) atoms. The minimum Gasteiger partial charge on any atom is -0.507 e. The van der Waals surface area contributed by atoms with Gasteiger partial charge in [0.1, 0.15) is 17.3 Å². The normalized spacial score (nSPS) is 14.3. The van der Waals surface area contributed by atoms with Gasteiger partial charge in [0.05, 0.1) is 11.1 Å². The number of fused-ring (bicyclic) bond motifs is 1. The van der Waals surface area contributed by atoms with Crippen molar-refractivity contribution < 1.29 is 19.0 Å². The van der Waals surface area contributed by atoms with Gasteiger partial charge in [0, 0.05) is 13.1 Å². The average molecular weight is 403 g/mol. The van der Waals surface area contributed by atoms with Gasteiger partial charge in [-0.1, -0.05) is 42.5 Å². The van der Waals surface area contributed by atoms with Crippen LogP contribution in [0.4, 0.5) is 4.39 Å². The Kier molecular flexibility index (Phi) is 5.38. The van der Waals surface area contributed by atoms with Crippen LogP contribution in [0.5, 0.6) is 11.5 Å². The van der Waals surface area contributed by atoms with Crippen molar-refractivity contribution in [1.29, 1.82) is 0 Å². The lowest BCUT2D eigenvalue weighted by Crippen LogP contribution is -2.17. The molecular formula is C25H22FNO3. The van der Waals surface area contributed by atoms with Crippen LogP contribution in [0.25, 0.3) is 6.08 Å². The lowest BCUT2D eigenvalue weighted by atomic mass is 9.99. The maximum Gasteiger partial charge on any atom is 0.232 e. The van der Waals surface area contributed by atoms with Crippen molar-refractivity contribution in [3.63, 3.8) is 0 Å². The van der Waals surface area contributed by atoms with Crippen molar-refractivity contribution in [2.75, 3.05) is 7.05 Å². The second kappa shape index (κ2) is 8.13. The minimum absolute atomic E-state index is 0.0889. The quantitative estimate of drug-likeness (QED) is 0.603. The van der Waals surface area contributed by atoms with E-state index in [0.29, 0.717) is 41.1 Å². The number of aryl methyl sites for hydroxylation is 1. The second-order valence-electron chi connectivity index (χ2n) is 7.55. The molecule has 1 aliphatic rings. The Morgan fingerprint density at radius 2 is 1.83 bits per heavy atom. The molecule has 0 atom stereocenters. The van der Waals surface area contributed by atoms with Crippen molar-refractivity contribution in [3.05, 3.63) is 100 Å². The van der Waals surface area contributed by atoms with Crippen LogP contribution < -0.4 is 4.74 Å². The van der Waals surface area contributed by atoms with Gasteiger partial charge in [-0.2, -0.15) is 0 Å². The largest absolute Gasteiger partial charge is 0.507 e. The molecule has 1 heterocycles. The van der Waals surface area contributed by atoms with Gasteiger partial charge in [-0.15, -0.1) is 0 Å². The van der Waals surface area contributed by atoms with E-state index in [1.807, 2.05) is 42.3 Å². The van der Waals surface area contributed by atoms with Gasteiger partial charge in [0.25, 0.3) is 0 Å². The summed E-state index contributed by atoms with van der Waals surface area (Å²) in [6.07, 6.45) is 1.53. The maximum absolute atomic E-state index is 13.5. The lowest BCUT2D eigenvalue weighted by molar-refractivity contribution is 0.101. The van der Waals surface area contributed by atoms with Crippen LogP contribution in [-0.2, 0) is 13.1 Å². The number of benzene rings is 3. The smallest absolute Gasteiger partial charge is 0.232 e. The van der Waals surface area contributed by atoms with Crippen LogP contribution in [0.1, 0.15) is 32.6 Å². The number of carbonyl (C=O) groups is 1. The number of phenolic OH excluding ortho intramolecular Hbond substituents is 1. The third-order valence-electron chi connectivity index (χ3n) is 5.09. The third-order valence-corrected chi connectivity index (χ3v) is 5.09. The van der Waals surface area contributed by atoms with Gasteiger partial charge in [-0.25, -0.2) is 4.39 Å². The summed E-state index contributed by atoms with van der Waals surface area (Å²) < 4.78 is 19.4. The Morgan fingerprint density at radius 1 is 1.07 bits per heavy atom. The highest BCUT2D eigenvalue weighted by atomic mass is 19.1. The zero-order valence-corrected chi connectivity index (χ0v) is 16.9. The Labute approximate surface area is 174 Å². The van der Waals surface area contributed by atoms with E-state index >= 15 is 0 Å². The number of hydrogen-bond donors (Lipinski definition) is 1. The van der Waals surface area contributed by atoms with Gasteiger partial charge in [-0.3, -0.25) is 9.69 Å². The average Bonchev–Trinajstić information content (AvgIpc) is 3.02. The Morgan fingerprint density at radius 3 is 2.57 bits per heavy atom. The molecule has 4 nitrogen and oxygen atoms in total. The molecule has 0 saturated carbocycles. The van der Waals surface area contributed by atoms with Crippen molar-refractivity contribution in [1.82, 2.24) is 4.90 Å². The fourth-order valence-electron chi connectivity index (χ4n) is 3.70. The highest BCUT2D eigenvalue weighted by Gasteiger charge is 2.33. The standard InChI is InChI=1S/C25H22FNO3/c1-16-11-21(28)20(15-27(2)14-17-7-4-3-5-8-17)25-23(16)24(29)22(30-25)13-18-9-6-10-19(26)12-18/h3-13,28H,14-15H2,1-2H3/b22-13-. The molecule has 0 aromatic heterocycles. The van der Waals surface area contributed by atoms with E-state index in [1.54, 1.807) is 25.1 Å². The highest BCUT2D eigenvalue weighted by Crippen LogP contribution is 2.42. The number of ether oxygens (including phenoxy) is 1. The molecule has 3 aromatic rings. The van der Waals surface area contributed by atoms with Crippen LogP contribution in [0.3, 0.4) is 0 Å². The Balaban J connectivity index is 1.65. The number of allylic oxidation sites excluding steroid dienone is 1. The summed E-state index contributed by atoms with van der Waals surface area (Å²) in [6, 6.07) is 17.6. The fraction of sp³-hybridized carbons (Fsp3) is 0.160. The molecular weight excluding hydrogens is 381 g/mol. The first-order chi connectivity index (χ1) is 14.4. The molecule has 0 fully saturated rings. The summed E-state index contributed by atoms with van der Waals surface area (Å²) in [5.41, 5.74) is 3.33. The summed E-state index contributed by atoms with van der Waals surface area (Å²) in [4.78, 5) is 15.0. The number of phenols is 1. The van der Waals surface area contributed by atoms with Crippen LogP contribution in [0, 0.1) is 12.7 Å². The van der Waals surface area contributed by atoms with Crippen LogP contribution in [0.2, 0.25) is 0 Å². The van der Waals surface area contributed by atoms with Crippen LogP contribution in [-0.4, -0.2) is 22.8 Å². The molecule has 0 saturated heterocycles. The number of hydrogen-bond acceptors (Lipinski definition) is 4. The predicted octanol–water partition coefficient (Wildman–Crippen LogP) is 5.09. The zero-order valence-electron chi connectivity index (χ0n) is 16.9. The zero-order chi connectivity index (χ0) is 21.3. The van der Waals surface area contributed by atoms with Crippen LogP contribution in [0.15, 0.2) is 66.4 Å². The van der Waals surface area contributed by atoms with E-state index in [0.717, 1.165) is 5.56 Å². The molecule has 0 aliphatic carbocycles. The molecule has 0 spiro atoms. The maximum atomic E-state index is 13.5. The lowest BCUT2D eigenvalue weighted by Gasteiger charge is -2.19. The van der Waals surface area contributed by atoms with E-state index in [4.69, 9.17) is 4.74 Å². The van der Waals surface area contributed by atoms with E-state index in [-0.39, 0.29) is 23.1 Å². The van der Waals surface area contributed by atoms with E-state index in [9.17, 15) is 14.3 Å². The number of carbonyl (C=O) groups excluding carboxylic acids is 1. The van der Waals surface area contributed by atoms with Crippen molar-refractivity contribution in [2.24, 2.45) is 0 Å². The molecule has 152 valence electrons. The summed E-state index contributed by atoms with van der Waals surface area (Å²) in [5.74, 6) is -0.0645. The Hall–Kier alpha value is -3.44. The van der Waals surface area contributed by atoms with Crippen molar-refractivity contribution >= 4 is 11.9 Å². The van der Waals surface area contributed by atoms with Crippen molar-refractivity contribution in [2.45, 2.75) is 20.0 Å². The molecule has 0 radical (unpaired) electrons. The molecule has 0 bridgehead atoms. The molecule has 4 rings (SSSR count). The number of halogens is 1. The van der Waals surface area contributed by atoms with E-state index < -0.39 is 0 Å². The minimum atomic E-state index is -0.385. The molecule has 1 N–H and O–H groups in total. The summed E-state index contributed by atoms with van der Waals surface area (Å²) in [5, 5.41) is 10.6. The third kappa shape index (κ3) is 3.98. The van der Waals surface area contributed by atoms with Gasteiger partial charge >= 0.3 is 0 Å². The SMILES string of the molecule is Cc1cc(O)c(CN(C)Cc2ccccc2)c2c1C(=O)/C(=C/c1cccc(F)c1)O2. The first-order valence-electron chi connectivity index (χ1n) is 9.70. The van der Waals surface area contributed by atoms with Gasteiger partial charge in [0.15, 0.2) is 5.76 Å². The molecule has 3 aromatic carbocycles. The summed E-state index contributed by atoms with van der Waals surface area (Å²) in [7, 11) is 1.94. The highest BCUT2D eigenvalue weighted by molar-refractivity contribution is 6.15. The van der Waals surface area contributed by atoms with E-state index in [1.165, 1.54) is 18.2 Å². The first kappa shape index (κ1) is 19.9. The number of nitrogens with zero attached hydrogens (tertiary/aromatic N) is 1. The second-order valence-corrected chi connectivity index (χ2v) is 7.55. The van der Waals surface area contributed by atoms with Crippen molar-refractivity contribution in [3.8, 4) is 11.5 Å². The van der Waals surface area contributed by atoms with E-state index in [2.05, 4.69) is 0 Å². The topological polar surface area (TPSA) is 49.8 Å². The Bertz CT molecular complexity index is 1140. The fourth-order valence-corrected chi connectivity index (χ4v) is 3.70. The summed E-state index contributed by atoms with van der Waals surface area (Å²) >= 11 is 0. The van der Waals surface area contributed by atoms with Gasteiger partial charge < -0.3 is 9.84 Å². The monoisotopic (exact) mass is 403 g/mol. The molecule has 5 heteroatoms. The molecule has 1 aliphatic heterocycles. The van der Waals surface area contributed by atoms with Gasteiger partial charge in [-0.05, 0) is 54.9 Å². The molecule has 0 amide bonds. The molecule has 0 unspecified atom stereocenters. The number of aromatic hydroxyl groups is 1. The number of ketones is 1. The first-order valence-corrected chi connectivity index (χ1v) is 9.70. The van der Waals surface area contributed by atoms with Crippen LogP contribution >= 0.6 is 0 Å².